The van der Waals surface area contributed by atoms with Crippen molar-refractivity contribution in [2.45, 2.75) is 13.3 Å². The first-order valence-corrected chi connectivity index (χ1v) is 2.66. The van der Waals surface area contributed by atoms with Gasteiger partial charge in [-0.2, -0.15) is 0 Å². The van der Waals surface area contributed by atoms with Crippen LogP contribution < -0.4 is 5.73 Å². The summed E-state index contributed by atoms with van der Waals surface area (Å²) < 4.78 is 0. The largest absolute Gasteiger partial charge is 0.333 e. The van der Waals surface area contributed by atoms with Gasteiger partial charge >= 0.3 is 0 Å². The van der Waals surface area contributed by atoms with Crippen LogP contribution in [0.1, 0.15) is 13.3 Å². The van der Waals surface area contributed by atoms with Crippen molar-refractivity contribution in [3.05, 3.63) is 0 Å². The molecule has 0 saturated heterocycles. The Morgan fingerprint density at radius 1 is 1.75 bits per heavy atom. The number of nitrogens with zero attached hydrogens (tertiary/aromatic N) is 1. The fourth-order valence-electron chi connectivity index (χ4n) is 0.372. The summed E-state index contributed by atoms with van der Waals surface area (Å²) in [6, 6.07) is 0. The van der Waals surface area contributed by atoms with Gasteiger partial charge in [0.05, 0.1) is 6.67 Å². The Morgan fingerprint density at radius 2 is 2.25 bits per heavy atom. The van der Waals surface area contributed by atoms with E-state index in [1.54, 1.807) is 7.05 Å². The molecule has 0 aromatic rings. The lowest BCUT2D eigenvalue weighted by atomic mass is 10.4. The molecule has 0 unspecified atom stereocenters. The third kappa shape index (κ3) is 1.93. The molecule has 0 fully saturated rings. The molecule has 0 rings (SSSR count). The molecule has 8 heavy (non-hydrogen) atoms. The van der Waals surface area contributed by atoms with E-state index in [1.807, 2.05) is 6.92 Å². The highest BCUT2D eigenvalue weighted by molar-refractivity contribution is 5.75. The molecule has 0 aliphatic heterocycles. The summed E-state index contributed by atoms with van der Waals surface area (Å²) in [5, 5.41) is 0. The predicted molar refractivity (Wildman–Crippen MR) is 32.1 cm³/mol. The number of amides is 1. The fraction of sp³-hybridized carbons (Fsp3) is 0.800. The normalized spacial score (nSPS) is 8.88. The minimum absolute atomic E-state index is 0.0903. The third-order valence-corrected chi connectivity index (χ3v) is 1.00. The molecule has 0 aromatic heterocycles. The van der Waals surface area contributed by atoms with Gasteiger partial charge in [-0.3, -0.25) is 4.79 Å². The molecule has 0 heterocycles. The molecule has 0 atom stereocenters. The Morgan fingerprint density at radius 3 is 2.38 bits per heavy atom. The predicted octanol–water partition coefficient (Wildman–Crippen LogP) is -0.229. The zero-order chi connectivity index (χ0) is 6.57. The molecule has 0 bridgehead atoms. The van der Waals surface area contributed by atoms with Gasteiger partial charge in [-0.1, -0.05) is 6.92 Å². The molecule has 0 aliphatic carbocycles. The first kappa shape index (κ1) is 7.43. The second-order valence-corrected chi connectivity index (χ2v) is 1.63. The highest BCUT2D eigenvalue weighted by Gasteiger charge is 1.99. The summed E-state index contributed by atoms with van der Waals surface area (Å²) in [6.45, 7) is 2.13. The molecule has 1 amide bonds. The Labute approximate surface area is 49.5 Å². The number of hydrogen-bond acceptors (Lipinski definition) is 2. The van der Waals surface area contributed by atoms with Crippen molar-refractivity contribution in [3.8, 4) is 0 Å². The van der Waals surface area contributed by atoms with Gasteiger partial charge in [0.15, 0.2) is 0 Å². The van der Waals surface area contributed by atoms with E-state index in [9.17, 15) is 4.79 Å². The number of hydrogen-bond donors (Lipinski definition) is 1. The van der Waals surface area contributed by atoms with Gasteiger partial charge in [-0.25, -0.2) is 0 Å². The van der Waals surface area contributed by atoms with Crippen molar-refractivity contribution < 1.29 is 4.79 Å². The van der Waals surface area contributed by atoms with E-state index in [4.69, 9.17) is 5.73 Å². The molecular weight excluding hydrogens is 104 g/mol. The van der Waals surface area contributed by atoms with Gasteiger partial charge in [0, 0.05) is 13.5 Å². The molecule has 0 saturated carbocycles. The number of carbonyl (C=O) groups is 1. The second kappa shape index (κ2) is 3.43. The zero-order valence-corrected chi connectivity index (χ0v) is 5.35. The van der Waals surface area contributed by atoms with Gasteiger partial charge in [0.1, 0.15) is 0 Å². The first-order valence-electron chi connectivity index (χ1n) is 2.66. The first-order chi connectivity index (χ1) is 3.72. The minimum atomic E-state index is 0.0903. The van der Waals surface area contributed by atoms with Gasteiger partial charge < -0.3 is 10.6 Å². The van der Waals surface area contributed by atoms with Crippen LogP contribution in [0.5, 0.6) is 0 Å². The highest BCUT2D eigenvalue weighted by atomic mass is 16.2. The summed E-state index contributed by atoms with van der Waals surface area (Å²) in [4.78, 5) is 12.1. The summed E-state index contributed by atoms with van der Waals surface area (Å²) >= 11 is 0. The molecule has 0 spiro atoms. The lowest BCUT2D eigenvalue weighted by Crippen LogP contribution is -2.31. The Hall–Kier alpha value is -0.570. The maximum absolute atomic E-state index is 10.6. The van der Waals surface area contributed by atoms with Crippen molar-refractivity contribution in [3.63, 3.8) is 0 Å². The minimum Gasteiger partial charge on any atom is -0.333 e. The van der Waals surface area contributed by atoms with Crippen LogP contribution in [0, 0.1) is 0 Å². The quantitative estimate of drug-likeness (QED) is 0.506. The van der Waals surface area contributed by atoms with Crippen molar-refractivity contribution in [1.82, 2.24) is 4.90 Å². The fourth-order valence-corrected chi connectivity index (χ4v) is 0.372. The van der Waals surface area contributed by atoms with Crippen LogP contribution in [0.4, 0.5) is 0 Å². The topological polar surface area (TPSA) is 46.3 Å². The summed E-state index contributed by atoms with van der Waals surface area (Å²) in [6.07, 6.45) is 0.535. The molecule has 2 N–H and O–H groups in total. The van der Waals surface area contributed by atoms with Gasteiger partial charge in [-0.15, -0.1) is 0 Å². The van der Waals surface area contributed by atoms with Crippen molar-refractivity contribution in [2.75, 3.05) is 13.7 Å². The van der Waals surface area contributed by atoms with Crippen LogP contribution in [0.25, 0.3) is 0 Å². The SMILES string of the molecule is CCC(=O)N(C)CN. The molecule has 0 aromatic carbocycles. The van der Waals surface area contributed by atoms with Crippen molar-refractivity contribution in [2.24, 2.45) is 5.73 Å². The van der Waals surface area contributed by atoms with E-state index in [0.29, 0.717) is 13.1 Å². The zero-order valence-electron chi connectivity index (χ0n) is 5.35. The lowest BCUT2D eigenvalue weighted by Gasteiger charge is -2.11. The van der Waals surface area contributed by atoms with Crippen LogP contribution in [0.3, 0.4) is 0 Å². The Balaban J connectivity index is 3.46. The van der Waals surface area contributed by atoms with Crippen LogP contribution in [-0.4, -0.2) is 24.5 Å². The summed E-state index contributed by atoms with van der Waals surface area (Å²) in [7, 11) is 1.69. The van der Waals surface area contributed by atoms with E-state index in [1.165, 1.54) is 4.90 Å². The summed E-state index contributed by atoms with van der Waals surface area (Å²) in [5.74, 6) is 0.0903. The third-order valence-electron chi connectivity index (χ3n) is 1.00. The van der Waals surface area contributed by atoms with Gasteiger partial charge in [0.25, 0.3) is 0 Å². The van der Waals surface area contributed by atoms with Crippen molar-refractivity contribution in [1.29, 1.82) is 0 Å². The monoisotopic (exact) mass is 116 g/mol. The van der Waals surface area contributed by atoms with Crippen LogP contribution >= 0.6 is 0 Å². The molecule has 3 heteroatoms. The standard InChI is InChI=1S/C5H12N2O/c1-3-5(8)7(2)4-6/h3-4,6H2,1-2H3. The average Bonchev–Trinajstić information content (AvgIpc) is 1.84. The van der Waals surface area contributed by atoms with E-state index < -0.39 is 0 Å². The van der Waals surface area contributed by atoms with Gasteiger partial charge in [0.2, 0.25) is 5.91 Å². The Bertz CT molecular complexity index is 82.5. The van der Waals surface area contributed by atoms with E-state index in [2.05, 4.69) is 0 Å². The van der Waals surface area contributed by atoms with E-state index in [0.717, 1.165) is 0 Å². The van der Waals surface area contributed by atoms with Crippen LogP contribution in [-0.2, 0) is 4.79 Å². The highest BCUT2D eigenvalue weighted by Crippen LogP contribution is 1.83. The lowest BCUT2D eigenvalue weighted by molar-refractivity contribution is -0.129. The molecule has 3 nitrogen and oxygen atoms in total. The van der Waals surface area contributed by atoms with Gasteiger partial charge in [-0.05, 0) is 0 Å². The second-order valence-electron chi connectivity index (χ2n) is 1.63. The number of carbonyl (C=O) groups excluding carboxylic acids is 1. The molecular formula is C5H12N2O. The van der Waals surface area contributed by atoms with E-state index in [-0.39, 0.29) is 5.91 Å². The van der Waals surface area contributed by atoms with Crippen LogP contribution in [0.2, 0.25) is 0 Å². The number of nitrogens with two attached hydrogens (primary N) is 1. The molecule has 48 valence electrons. The maximum Gasteiger partial charge on any atom is 0.223 e. The maximum atomic E-state index is 10.6. The summed E-state index contributed by atoms with van der Waals surface area (Å²) in [5.41, 5.74) is 5.15. The van der Waals surface area contributed by atoms with E-state index >= 15 is 0 Å². The van der Waals surface area contributed by atoms with Crippen LogP contribution in [0.15, 0.2) is 0 Å². The Kier molecular flexibility index (Phi) is 3.19. The smallest absolute Gasteiger partial charge is 0.223 e. The molecule has 0 radical (unpaired) electrons. The van der Waals surface area contributed by atoms with Crippen molar-refractivity contribution >= 4 is 5.91 Å². The molecule has 0 aliphatic rings. The number of rotatable bonds is 2. The average molecular weight is 116 g/mol.